The minimum Gasteiger partial charge on any atom is -0.493 e. The van der Waals surface area contributed by atoms with Crippen LogP contribution in [0, 0.1) is 6.92 Å². The van der Waals surface area contributed by atoms with E-state index in [2.05, 4.69) is 20.6 Å². The Labute approximate surface area is 157 Å². The van der Waals surface area contributed by atoms with Crippen molar-refractivity contribution in [3.63, 3.8) is 0 Å². The molecule has 0 saturated heterocycles. The molecule has 2 aromatic carbocycles. The van der Waals surface area contributed by atoms with Gasteiger partial charge >= 0.3 is 0 Å². The van der Waals surface area contributed by atoms with Crippen LogP contribution >= 0.6 is 0 Å². The zero-order valence-electron chi connectivity index (χ0n) is 15.3. The fourth-order valence-corrected chi connectivity index (χ4v) is 2.50. The van der Waals surface area contributed by atoms with E-state index in [9.17, 15) is 4.79 Å². The van der Waals surface area contributed by atoms with E-state index in [1.165, 1.54) is 0 Å². The van der Waals surface area contributed by atoms with Crippen molar-refractivity contribution < 1.29 is 14.3 Å². The van der Waals surface area contributed by atoms with Crippen LogP contribution in [0.2, 0.25) is 0 Å². The molecule has 0 spiro atoms. The number of aromatic nitrogens is 2. The number of hydrogen-bond donors (Lipinski definition) is 2. The number of rotatable bonds is 6. The quantitative estimate of drug-likeness (QED) is 0.692. The Balaban J connectivity index is 1.80. The van der Waals surface area contributed by atoms with Gasteiger partial charge in [-0.2, -0.15) is 0 Å². The van der Waals surface area contributed by atoms with Crippen LogP contribution in [-0.2, 0) is 0 Å². The smallest absolute Gasteiger partial charge is 0.274 e. The minimum atomic E-state index is -0.344. The predicted octanol–water partition coefficient (Wildman–Crippen LogP) is 3.80. The summed E-state index contributed by atoms with van der Waals surface area (Å²) in [5.41, 5.74) is 2.36. The summed E-state index contributed by atoms with van der Waals surface area (Å²) in [6.45, 7) is 1.81. The van der Waals surface area contributed by atoms with Gasteiger partial charge < -0.3 is 20.1 Å². The molecule has 27 heavy (non-hydrogen) atoms. The predicted molar refractivity (Wildman–Crippen MR) is 104 cm³/mol. The highest BCUT2D eigenvalue weighted by atomic mass is 16.5. The van der Waals surface area contributed by atoms with Gasteiger partial charge in [0.05, 0.1) is 14.2 Å². The number of para-hydroxylation sites is 1. The molecule has 0 aliphatic rings. The van der Waals surface area contributed by atoms with Crippen molar-refractivity contribution >= 4 is 23.2 Å². The number of benzene rings is 2. The van der Waals surface area contributed by atoms with Gasteiger partial charge in [-0.3, -0.25) is 4.79 Å². The first-order valence-electron chi connectivity index (χ1n) is 8.30. The molecule has 0 fully saturated rings. The molecule has 0 unspecified atom stereocenters. The Bertz CT molecular complexity index is 945. The van der Waals surface area contributed by atoms with Crippen LogP contribution in [0.1, 0.15) is 16.2 Å². The second kappa shape index (κ2) is 8.18. The molecule has 1 heterocycles. The van der Waals surface area contributed by atoms with Crippen molar-refractivity contribution in [2.45, 2.75) is 6.92 Å². The largest absolute Gasteiger partial charge is 0.493 e. The number of carbonyl (C=O) groups excluding carboxylic acids is 1. The van der Waals surface area contributed by atoms with Gasteiger partial charge in [0, 0.05) is 23.1 Å². The summed E-state index contributed by atoms with van der Waals surface area (Å²) in [6.07, 6.45) is 0. The molecule has 7 nitrogen and oxygen atoms in total. The lowest BCUT2D eigenvalue weighted by molar-refractivity contribution is 0.102. The van der Waals surface area contributed by atoms with Crippen molar-refractivity contribution in [2.24, 2.45) is 0 Å². The third-order valence-electron chi connectivity index (χ3n) is 3.76. The van der Waals surface area contributed by atoms with Crippen LogP contribution in [-0.4, -0.2) is 30.1 Å². The maximum Gasteiger partial charge on any atom is 0.274 e. The number of aryl methyl sites for hydroxylation is 1. The summed E-state index contributed by atoms with van der Waals surface area (Å²) < 4.78 is 10.5. The SMILES string of the molecule is COc1ccc(NC(=O)c2cc(C)nc(Nc3ccccc3)n2)cc1OC. The second-order valence-corrected chi connectivity index (χ2v) is 5.73. The van der Waals surface area contributed by atoms with Gasteiger partial charge in [0.2, 0.25) is 5.95 Å². The molecule has 0 radical (unpaired) electrons. The Morgan fingerprint density at radius 1 is 0.889 bits per heavy atom. The van der Waals surface area contributed by atoms with Crippen LogP contribution in [0.25, 0.3) is 0 Å². The highest BCUT2D eigenvalue weighted by molar-refractivity contribution is 6.03. The number of anilines is 3. The van der Waals surface area contributed by atoms with Crippen LogP contribution in [0.4, 0.5) is 17.3 Å². The van der Waals surface area contributed by atoms with Crippen molar-refractivity contribution in [1.82, 2.24) is 9.97 Å². The molecule has 0 aliphatic heterocycles. The van der Waals surface area contributed by atoms with E-state index in [4.69, 9.17) is 9.47 Å². The molecule has 1 amide bonds. The maximum absolute atomic E-state index is 12.6. The molecule has 0 bridgehead atoms. The Hall–Kier alpha value is -3.61. The maximum atomic E-state index is 12.6. The zero-order chi connectivity index (χ0) is 19.2. The third kappa shape index (κ3) is 4.52. The first kappa shape index (κ1) is 18.2. The highest BCUT2D eigenvalue weighted by Crippen LogP contribution is 2.29. The average molecular weight is 364 g/mol. The van der Waals surface area contributed by atoms with Gasteiger partial charge in [-0.15, -0.1) is 0 Å². The topological polar surface area (TPSA) is 85.4 Å². The summed E-state index contributed by atoms with van der Waals surface area (Å²) in [4.78, 5) is 21.3. The number of ether oxygens (including phenoxy) is 2. The number of nitrogens with one attached hydrogen (secondary N) is 2. The van der Waals surface area contributed by atoms with Crippen LogP contribution in [0.3, 0.4) is 0 Å². The molecule has 138 valence electrons. The zero-order valence-corrected chi connectivity index (χ0v) is 15.3. The average Bonchev–Trinajstić information content (AvgIpc) is 2.68. The van der Waals surface area contributed by atoms with E-state index in [-0.39, 0.29) is 11.6 Å². The van der Waals surface area contributed by atoms with Crippen molar-refractivity contribution in [3.8, 4) is 11.5 Å². The molecule has 0 atom stereocenters. The molecule has 7 heteroatoms. The molecule has 1 aromatic heterocycles. The minimum absolute atomic E-state index is 0.260. The van der Waals surface area contributed by atoms with Gasteiger partial charge in [-0.1, -0.05) is 18.2 Å². The normalized spacial score (nSPS) is 10.2. The van der Waals surface area contributed by atoms with E-state index in [0.29, 0.717) is 28.8 Å². The standard InChI is InChI=1S/C20H20N4O3/c1-13-11-16(24-20(21-13)23-14-7-5-4-6-8-14)19(25)22-15-9-10-17(26-2)18(12-15)27-3/h4-12H,1-3H3,(H,22,25)(H,21,23,24). The van der Waals surface area contributed by atoms with Crippen molar-refractivity contribution in [3.05, 3.63) is 66.0 Å². The number of amides is 1. The van der Waals surface area contributed by atoms with E-state index < -0.39 is 0 Å². The first-order chi connectivity index (χ1) is 13.1. The van der Waals surface area contributed by atoms with Crippen molar-refractivity contribution in [2.75, 3.05) is 24.9 Å². The van der Waals surface area contributed by atoms with E-state index in [0.717, 1.165) is 5.69 Å². The summed E-state index contributed by atoms with van der Waals surface area (Å²) in [5.74, 6) is 1.13. The second-order valence-electron chi connectivity index (χ2n) is 5.73. The molecule has 0 saturated carbocycles. The lowest BCUT2D eigenvalue weighted by Gasteiger charge is -2.11. The first-order valence-corrected chi connectivity index (χ1v) is 8.30. The van der Waals surface area contributed by atoms with Gasteiger partial charge in [0.25, 0.3) is 5.91 Å². The Morgan fingerprint density at radius 3 is 2.33 bits per heavy atom. The fourth-order valence-electron chi connectivity index (χ4n) is 2.50. The van der Waals surface area contributed by atoms with Crippen LogP contribution in [0.5, 0.6) is 11.5 Å². The number of methoxy groups -OCH3 is 2. The number of nitrogens with zero attached hydrogens (tertiary/aromatic N) is 2. The number of carbonyl (C=O) groups is 1. The highest BCUT2D eigenvalue weighted by Gasteiger charge is 2.13. The summed E-state index contributed by atoms with van der Waals surface area (Å²) in [5, 5.41) is 5.91. The Morgan fingerprint density at radius 2 is 1.63 bits per heavy atom. The van der Waals surface area contributed by atoms with E-state index in [1.54, 1.807) is 38.5 Å². The van der Waals surface area contributed by atoms with Gasteiger partial charge in [-0.25, -0.2) is 9.97 Å². The molecule has 2 N–H and O–H groups in total. The molecular formula is C20H20N4O3. The fraction of sp³-hybridized carbons (Fsp3) is 0.150. The third-order valence-corrected chi connectivity index (χ3v) is 3.76. The molecular weight excluding hydrogens is 344 g/mol. The van der Waals surface area contributed by atoms with Gasteiger partial charge in [-0.05, 0) is 37.3 Å². The lowest BCUT2D eigenvalue weighted by Crippen LogP contribution is -2.15. The molecule has 3 aromatic rings. The monoisotopic (exact) mass is 364 g/mol. The number of hydrogen-bond acceptors (Lipinski definition) is 6. The van der Waals surface area contributed by atoms with Gasteiger partial charge in [0.1, 0.15) is 5.69 Å². The molecule has 0 aliphatic carbocycles. The van der Waals surface area contributed by atoms with Crippen LogP contribution < -0.4 is 20.1 Å². The van der Waals surface area contributed by atoms with E-state index in [1.807, 2.05) is 37.3 Å². The molecule has 3 rings (SSSR count). The summed E-state index contributed by atoms with van der Waals surface area (Å²) >= 11 is 0. The Kier molecular flexibility index (Phi) is 5.51. The summed E-state index contributed by atoms with van der Waals surface area (Å²) in [7, 11) is 3.10. The van der Waals surface area contributed by atoms with Crippen molar-refractivity contribution in [1.29, 1.82) is 0 Å². The lowest BCUT2D eigenvalue weighted by atomic mass is 10.2. The van der Waals surface area contributed by atoms with Gasteiger partial charge in [0.15, 0.2) is 11.5 Å². The van der Waals surface area contributed by atoms with E-state index >= 15 is 0 Å². The summed E-state index contributed by atoms with van der Waals surface area (Å²) in [6, 6.07) is 16.3. The van der Waals surface area contributed by atoms with Crippen LogP contribution in [0.15, 0.2) is 54.6 Å².